The average molecular weight is 731 g/mol. The minimum absolute atomic E-state index is 0.0178. The Kier molecular flexibility index (Phi) is 11.0. The molecule has 54 heavy (non-hydrogen) atoms. The molecule has 1 unspecified atom stereocenters. The van der Waals surface area contributed by atoms with Gasteiger partial charge < -0.3 is 28.6 Å². The van der Waals surface area contributed by atoms with Crippen molar-refractivity contribution < 1.29 is 42.9 Å². The predicted molar refractivity (Wildman–Crippen MR) is 201 cm³/mol. The van der Waals surface area contributed by atoms with Gasteiger partial charge in [0.1, 0.15) is 17.5 Å². The number of para-hydroxylation sites is 2. The number of rotatable bonds is 14. The number of carbonyl (C=O) groups is 4. The first-order chi connectivity index (χ1) is 26.2. The zero-order valence-electron chi connectivity index (χ0n) is 30.0. The molecule has 1 aliphatic carbocycles. The SMILES string of the molecule is C[C@H]([C@H](CC=Cc1nc2ccccc2o1)c1ccc2c(c1)OCO2)N(Cc1ccc2ccccc2c1)C(=O)C(=O)C(CC(=O)O)C(=O)OC1CCCCC1. The Morgan fingerprint density at radius 3 is 2.46 bits per heavy atom. The number of carboxylic acid groups (broad SMARTS) is 1. The van der Waals surface area contributed by atoms with Crippen molar-refractivity contribution in [2.24, 2.45) is 5.92 Å². The number of allylic oxidation sites excluding steroid dienone is 1. The second-order valence-electron chi connectivity index (χ2n) is 13.9. The van der Waals surface area contributed by atoms with Crippen LogP contribution in [-0.4, -0.2) is 57.6 Å². The van der Waals surface area contributed by atoms with E-state index in [1.165, 1.54) is 4.90 Å². The van der Waals surface area contributed by atoms with E-state index in [2.05, 4.69) is 4.98 Å². The van der Waals surface area contributed by atoms with Crippen molar-refractivity contribution in [1.29, 1.82) is 0 Å². The predicted octanol–water partition coefficient (Wildman–Crippen LogP) is 7.85. The molecule has 7 rings (SSSR count). The fraction of sp³-hybridized carbons (Fsp3) is 0.326. The standard InChI is InChI=1S/C43H42N2O9/c1-27(33(31-20-21-37-38(23-31)52-26-51-37)14-9-17-39-44-35-15-7-8-16-36(35)54-39)45(25-28-18-19-29-10-5-6-11-30(29)22-28)42(49)41(48)34(24-40(46)47)43(50)53-32-12-3-2-4-13-32/h5-11,15-23,27,32-34H,2-4,12-14,24-26H2,1H3,(H,46,47)/t27-,33+,34?/m1/s1. The van der Waals surface area contributed by atoms with Crippen LogP contribution < -0.4 is 9.47 Å². The number of ether oxygens (including phenoxy) is 3. The second kappa shape index (κ2) is 16.4. The first-order valence-electron chi connectivity index (χ1n) is 18.4. The molecule has 0 saturated heterocycles. The van der Waals surface area contributed by atoms with Crippen molar-refractivity contribution in [1.82, 2.24) is 9.88 Å². The first kappa shape index (κ1) is 36.4. The highest BCUT2D eigenvalue weighted by Gasteiger charge is 2.41. The van der Waals surface area contributed by atoms with Crippen molar-refractivity contribution >= 4 is 51.6 Å². The van der Waals surface area contributed by atoms with Crippen LogP contribution in [-0.2, 0) is 30.5 Å². The van der Waals surface area contributed by atoms with E-state index in [1.54, 1.807) is 6.08 Å². The van der Waals surface area contributed by atoms with Crippen molar-refractivity contribution in [3.8, 4) is 11.5 Å². The summed E-state index contributed by atoms with van der Waals surface area (Å²) in [6.07, 6.45) is 6.82. The fourth-order valence-electron chi connectivity index (χ4n) is 7.36. The molecule has 4 aromatic carbocycles. The number of Topliss-reactive ketones (excluding diaryl/α,β-unsaturated/α-hetero) is 1. The smallest absolute Gasteiger partial charge is 0.317 e. The normalized spacial score (nSPS) is 15.9. The molecule has 1 amide bonds. The Labute approximate surface area is 312 Å². The summed E-state index contributed by atoms with van der Waals surface area (Å²) in [5.41, 5.74) is 2.95. The maximum atomic E-state index is 14.6. The van der Waals surface area contributed by atoms with Crippen molar-refractivity contribution in [2.45, 2.75) is 76.5 Å². The van der Waals surface area contributed by atoms with Gasteiger partial charge in [0.15, 0.2) is 17.1 Å². The Hall–Kier alpha value is -5.97. The molecule has 1 fully saturated rings. The second-order valence-corrected chi connectivity index (χ2v) is 13.9. The van der Waals surface area contributed by atoms with Crippen LogP contribution in [0.25, 0.3) is 27.9 Å². The van der Waals surface area contributed by atoms with Crippen molar-refractivity contribution in [2.75, 3.05) is 6.79 Å². The molecular weight excluding hydrogens is 688 g/mol. The zero-order valence-corrected chi connectivity index (χ0v) is 30.0. The number of aromatic nitrogens is 1. The minimum Gasteiger partial charge on any atom is -0.481 e. The van der Waals surface area contributed by atoms with Crippen LogP contribution >= 0.6 is 0 Å². The summed E-state index contributed by atoms with van der Waals surface area (Å²) >= 11 is 0. The summed E-state index contributed by atoms with van der Waals surface area (Å²) in [6.45, 7) is 1.95. The number of carbonyl (C=O) groups excluding carboxylic acids is 3. The summed E-state index contributed by atoms with van der Waals surface area (Å²) in [7, 11) is 0. The van der Waals surface area contributed by atoms with Crippen LogP contribution in [0.2, 0.25) is 0 Å². The van der Waals surface area contributed by atoms with E-state index in [0.29, 0.717) is 42.2 Å². The lowest BCUT2D eigenvalue weighted by Crippen LogP contribution is -2.48. The number of amides is 1. The molecule has 11 heteroatoms. The number of carboxylic acids is 1. The largest absolute Gasteiger partial charge is 0.481 e. The number of hydrogen-bond donors (Lipinski definition) is 1. The number of ketones is 1. The number of benzene rings is 4. The lowest BCUT2D eigenvalue weighted by molar-refractivity contribution is -0.165. The molecule has 5 aromatic rings. The third-order valence-corrected chi connectivity index (χ3v) is 10.3. The van der Waals surface area contributed by atoms with Gasteiger partial charge in [-0.3, -0.25) is 19.2 Å². The number of aliphatic carboxylic acids is 1. The summed E-state index contributed by atoms with van der Waals surface area (Å²) in [5, 5.41) is 11.7. The molecule has 11 nitrogen and oxygen atoms in total. The van der Waals surface area contributed by atoms with E-state index in [1.807, 2.05) is 97.9 Å². The number of fused-ring (bicyclic) bond motifs is 3. The Morgan fingerprint density at radius 1 is 0.907 bits per heavy atom. The van der Waals surface area contributed by atoms with Gasteiger partial charge >= 0.3 is 11.9 Å². The third kappa shape index (κ3) is 8.30. The topological polar surface area (TPSA) is 145 Å². The maximum absolute atomic E-state index is 14.6. The molecule has 2 aliphatic rings. The zero-order chi connectivity index (χ0) is 37.6. The van der Waals surface area contributed by atoms with E-state index >= 15 is 0 Å². The molecule has 1 N–H and O–H groups in total. The number of hydrogen-bond acceptors (Lipinski definition) is 9. The molecule has 0 spiro atoms. The number of esters is 1. The highest BCUT2D eigenvalue weighted by molar-refractivity contribution is 6.40. The van der Waals surface area contributed by atoms with Crippen LogP contribution in [0.3, 0.4) is 0 Å². The van der Waals surface area contributed by atoms with E-state index in [-0.39, 0.29) is 13.3 Å². The molecule has 1 aliphatic heterocycles. The van der Waals surface area contributed by atoms with Gasteiger partial charge in [0.2, 0.25) is 18.5 Å². The molecule has 1 saturated carbocycles. The van der Waals surface area contributed by atoms with E-state index in [4.69, 9.17) is 18.6 Å². The van der Waals surface area contributed by atoms with E-state index in [0.717, 1.165) is 46.7 Å². The van der Waals surface area contributed by atoms with Crippen LogP contribution in [0.4, 0.5) is 0 Å². The summed E-state index contributed by atoms with van der Waals surface area (Å²) in [5.74, 6) is -5.06. The highest BCUT2D eigenvalue weighted by Crippen LogP contribution is 2.38. The molecule has 1 aromatic heterocycles. The molecule has 3 atom stereocenters. The summed E-state index contributed by atoms with van der Waals surface area (Å²) < 4.78 is 22.9. The van der Waals surface area contributed by atoms with E-state index < -0.39 is 54.0 Å². The summed E-state index contributed by atoms with van der Waals surface area (Å²) in [4.78, 5) is 60.2. The molecule has 278 valence electrons. The minimum atomic E-state index is -1.79. The van der Waals surface area contributed by atoms with Gasteiger partial charge in [-0.2, -0.15) is 0 Å². The maximum Gasteiger partial charge on any atom is 0.317 e. The summed E-state index contributed by atoms with van der Waals surface area (Å²) in [6, 6.07) is 26.0. The lowest BCUT2D eigenvalue weighted by Gasteiger charge is -2.35. The average Bonchev–Trinajstić information content (AvgIpc) is 3.84. The van der Waals surface area contributed by atoms with Gasteiger partial charge in [-0.05, 0) is 97.3 Å². The number of nitrogens with zero attached hydrogens (tertiary/aromatic N) is 2. The fourth-order valence-corrected chi connectivity index (χ4v) is 7.36. The van der Waals surface area contributed by atoms with Crippen LogP contribution in [0.5, 0.6) is 11.5 Å². The third-order valence-electron chi connectivity index (χ3n) is 10.3. The highest BCUT2D eigenvalue weighted by atomic mass is 16.7. The van der Waals surface area contributed by atoms with Crippen LogP contribution in [0.15, 0.2) is 95.4 Å². The van der Waals surface area contributed by atoms with Gasteiger partial charge in [-0.25, -0.2) is 4.98 Å². The van der Waals surface area contributed by atoms with Gasteiger partial charge in [-0.1, -0.05) is 67.1 Å². The lowest BCUT2D eigenvalue weighted by atomic mass is 9.87. The molecular formula is C43H42N2O9. The van der Waals surface area contributed by atoms with Gasteiger partial charge in [0.25, 0.3) is 5.91 Å². The van der Waals surface area contributed by atoms with Gasteiger partial charge in [0, 0.05) is 18.5 Å². The van der Waals surface area contributed by atoms with Crippen molar-refractivity contribution in [3.63, 3.8) is 0 Å². The Morgan fingerprint density at radius 2 is 1.67 bits per heavy atom. The molecule has 0 bridgehead atoms. The number of oxazole rings is 1. The Balaban J connectivity index is 1.24. The molecule has 2 heterocycles. The quantitative estimate of drug-likeness (QED) is 0.0681. The van der Waals surface area contributed by atoms with Crippen LogP contribution in [0, 0.1) is 5.92 Å². The Bertz CT molecular complexity index is 2170. The van der Waals surface area contributed by atoms with Gasteiger partial charge in [0.05, 0.1) is 6.42 Å². The van der Waals surface area contributed by atoms with Crippen molar-refractivity contribution in [3.05, 3.63) is 108 Å². The van der Waals surface area contributed by atoms with E-state index in [9.17, 15) is 24.3 Å². The van der Waals surface area contributed by atoms with Gasteiger partial charge in [-0.15, -0.1) is 0 Å². The van der Waals surface area contributed by atoms with Crippen LogP contribution in [0.1, 0.15) is 74.8 Å². The monoisotopic (exact) mass is 730 g/mol. The first-order valence-corrected chi connectivity index (χ1v) is 18.4. The molecule has 0 radical (unpaired) electrons.